The minimum absolute atomic E-state index is 0.342. The van der Waals surface area contributed by atoms with Crippen LogP contribution in [0.25, 0.3) is 0 Å². The van der Waals surface area contributed by atoms with Crippen molar-refractivity contribution in [1.82, 2.24) is 5.32 Å². The maximum Gasteiger partial charge on any atom is 0.328 e. The molecule has 0 aliphatic carbocycles. The second kappa shape index (κ2) is 4.06. The first kappa shape index (κ1) is 8.99. The molecule has 0 saturated carbocycles. The van der Waals surface area contributed by atoms with E-state index >= 15 is 0 Å². The molecular weight excluding hydrogens is 158 g/mol. The number of nitrogens with one attached hydrogen (secondary N) is 1. The van der Waals surface area contributed by atoms with Gasteiger partial charge in [0.2, 0.25) is 0 Å². The predicted molar refractivity (Wildman–Crippen MR) is 45.1 cm³/mol. The van der Waals surface area contributed by atoms with E-state index in [4.69, 9.17) is 10.8 Å². The summed E-state index contributed by atoms with van der Waals surface area (Å²) in [5.41, 5.74) is 5.30. The largest absolute Gasteiger partial charge is 0.480 e. The van der Waals surface area contributed by atoms with Crippen LogP contribution in [0, 0.1) is 0 Å². The molecule has 0 radical (unpaired) electrons. The maximum atomic E-state index is 10.5. The summed E-state index contributed by atoms with van der Waals surface area (Å²) in [7, 11) is 0. The van der Waals surface area contributed by atoms with Crippen molar-refractivity contribution in [2.45, 2.75) is 18.9 Å². The number of aliphatic carboxylic acids is 1. The summed E-state index contributed by atoms with van der Waals surface area (Å²) in [5.74, 6) is -0.0747. The quantitative estimate of drug-likeness (QED) is 0.515. The summed E-state index contributed by atoms with van der Waals surface area (Å²) < 4.78 is 0. The lowest BCUT2D eigenvalue weighted by atomic mass is 10.3. The fraction of sp³-hybridized carbons (Fsp3) is 0.714. The van der Waals surface area contributed by atoms with Crippen molar-refractivity contribution in [1.29, 1.82) is 0 Å². The van der Waals surface area contributed by atoms with E-state index in [-0.39, 0.29) is 0 Å². The van der Waals surface area contributed by atoms with Crippen LogP contribution in [0.4, 0.5) is 0 Å². The Balaban J connectivity index is 2.28. The number of carboxylic acids is 1. The molecule has 1 aliphatic rings. The van der Waals surface area contributed by atoms with Gasteiger partial charge >= 0.3 is 5.97 Å². The molecule has 0 amide bonds. The summed E-state index contributed by atoms with van der Waals surface area (Å²) in [6, 6.07) is -0.530. The van der Waals surface area contributed by atoms with Gasteiger partial charge < -0.3 is 16.2 Å². The zero-order valence-electron chi connectivity index (χ0n) is 6.79. The van der Waals surface area contributed by atoms with Gasteiger partial charge in [-0.3, -0.25) is 4.99 Å². The zero-order chi connectivity index (χ0) is 8.97. The van der Waals surface area contributed by atoms with Crippen LogP contribution in [-0.2, 0) is 4.79 Å². The second-order valence-corrected chi connectivity index (χ2v) is 2.71. The number of hydrogen-bond acceptors (Lipinski definition) is 4. The monoisotopic (exact) mass is 171 g/mol. The average molecular weight is 171 g/mol. The van der Waals surface area contributed by atoms with E-state index in [0.717, 1.165) is 18.7 Å². The van der Waals surface area contributed by atoms with Gasteiger partial charge in [0, 0.05) is 6.42 Å². The summed E-state index contributed by atoms with van der Waals surface area (Å²) in [6.45, 7) is 0.952. The molecule has 0 fully saturated rings. The predicted octanol–water partition coefficient (Wildman–Crippen LogP) is -0.820. The molecule has 1 atom stereocenters. The van der Waals surface area contributed by atoms with Crippen LogP contribution in [0.2, 0.25) is 0 Å². The third kappa shape index (κ3) is 2.20. The Morgan fingerprint density at radius 1 is 1.83 bits per heavy atom. The van der Waals surface area contributed by atoms with Crippen molar-refractivity contribution in [3.05, 3.63) is 0 Å². The Morgan fingerprint density at radius 2 is 2.58 bits per heavy atom. The van der Waals surface area contributed by atoms with Crippen LogP contribution >= 0.6 is 0 Å². The number of nitrogens with two attached hydrogens (primary N) is 1. The number of nitrogens with zero attached hydrogens (tertiary/aromatic N) is 1. The third-order valence-electron chi connectivity index (χ3n) is 1.72. The number of aliphatic imine (C=N–C) groups is 1. The molecular formula is C7H13N3O2. The van der Waals surface area contributed by atoms with Gasteiger partial charge in [0.05, 0.1) is 12.4 Å². The molecule has 0 aromatic carbocycles. The van der Waals surface area contributed by atoms with Crippen LogP contribution in [0.15, 0.2) is 4.99 Å². The Labute approximate surface area is 70.7 Å². The Morgan fingerprint density at radius 3 is 3.08 bits per heavy atom. The Kier molecular flexibility index (Phi) is 3.04. The highest BCUT2D eigenvalue weighted by molar-refractivity contribution is 5.90. The molecule has 4 N–H and O–H groups in total. The first-order valence-corrected chi connectivity index (χ1v) is 3.96. The highest BCUT2D eigenvalue weighted by atomic mass is 16.4. The lowest BCUT2D eigenvalue weighted by Gasteiger charge is -2.05. The van der Waals surface area contributed by atoms with Gasteiger partial charge in [-0.2, -0.15) is 0 Å². The van der Waals surface area contributed by atoms with Crippen LogP contribution in [0.1, 0.15) is 12.8 Å². The van der Waals surface area contributed by atoms with Crippen molar-refractivity contribution >= 4 is 11.8 Å². The van der Waals surface area contributed by atoms with E-state index in [1.54, 1.807) is 0 Å². The lowest BCUT2D eigenvalue weighted by Crippen LogP contribution is -2.37. The first-order valence-electron chi connectivity index (χ1n) is 3.96. The van der Waals surface area contributed by atoms with Gasteiger partial charge in [-0.05, 0) is 13.0 Å². The van der Waals surface area contributed by atoms with Gasteiger partial charge in [-0.15, -0.1) is 0 Å². The fourth-order valence-electron chi connectivity index (χ4n) is 1.05. The van der Waals surface area contributed by atoms with Crippen molar-refractivity contribution in [2.24, 2.45) is 10.7 Å². The lowest BCUT2D eigenvalue weighted by molar-refractivity contribution is -0.138. The summed E-state index contributed by atoms with van der Waals surface area (Å²) in [5, 5.41) is 11.4. The molecule has 68 valence electrons. The SMILES string of the molecule is NCCCC1=NCC(C(=O)O)N1. The Bertz CT molecular complexity index is 203. The van der Waals surface area contributed by atoms with Crippen molar-refractivity contribution in [3.63, 3.8) is 0 Å². The molecule has 1 unspecified atom stereocenters. The topological polar surface area (TPSA) is 87.7 Å². The molecule has 0 aromatic rings. The van der Waals surface area contributed by atoms with E-state index < -0.39 is 12.0 Å². The van der Waals surface area contributed by atoms with E-state index in [1.807, 2.05) is 0 Å². The maximum absolute atomic E-state index is 10.5. The highest BCUT2D eigenvalue weighted by Crippen LogP contribution is 2.00. The van der Waals surface area contributed by atoms with E-state index in [0.29, 0.717) is 13.1 Å². The molecule has 0 aromatic heterocycles. The normalized spacial score (nSPS) is 21.8. The minimum atomic E-state index is -0.846. The third-order valence-corrected chi connectivity index (χ3v) is 1.72. The number of hydrogen-bond donors (Lipinski definition) is 3. The van der Waals surface area contributed by atoms with E-state index in [1.165, 1.54) is 0 Å². The molecule has 1 heterocycles. The standard InChI is InChI=1S/C7H13N3O2/c8-3-1-2-6-9-4-5(10-6)7(11)12/h5H,1-4,8H2,(H,9,10)(H,11,12). The number of carbonyl (C=O) groups is 1. The first-order chi connectivity index (χ1) is 5.74. The molecule has 5 heteroatoms. The van der Waals surface area contributed by atoms with Crippen molar-refractivity contribution in [3.8, 4) is 0 Å². The molecule has 5 nitrogen and oxygen atoms in total. The molecule has 12 heavy (non-hydrogen) atoms. The smallest absolute Gasteiger partial charge is 0.328 e. The summed E-state index contributed by atoms with van der Waals surface area (Å²) in [4.78, 5) is 14.5. The van der Waals surface area contributed by atoms with Crippen molar-refractivity contribution in [2.75, 3.05) is 13.1 Å². The van der Waals surface area contributed by atoms with E-state index in [2.05, 4.69) is 10.3 Å². The fourth-order valence-corrected chi connectivity index (χ4v) is 1.05. The number of carboxylic acid groups (broad SMARTS) is 1. The molecule has 0 bridgehead atoms. The molecule has 1 rings (SSSR count). The van der Waals surface area contributed by atoms with Crippen molar-refractivity contribution < 1.29 is 9.90 Å². The number of amidine groups is 1. The van der Waals surface area contributed by atoms with Crippen LogP contribution < -0.4 is 11.1 Å². The van der Waals surface area contributed by atoms with Crippen LogP contribution in [-0.4, -0.2) is 36.0 Å². The Hall–Kier alpha value is -1.10. The average Bonchev–Trinajstić information content (AvgIpc) is 2.48. The number of rotatable bonds is 4. The molecule has 0 saturated heterocycles. The minimum Gasteiger partial charge on any atom is -0.480 e. The van der Waals surface area contributed by atoms with Gasteiger partial charge in [0.15, 0.2) is 0 Å². The second-order valence-electron chi connectivity index (χ2n) is 2.71. The summed E-state index contributed by atoms with van der Waals surface area (Å²) in [6.07, 6.45) is 1.60. The highest BCUT2D eigenvalue weighted by Gasteiger charge is 2.22. The van der Waals surface area contributed by atoms with Crippen LogP contribution in [0.5, 0.6) is 0 Å². The van der Waals surface area contributed by atoms with Gasteiger partial charge in [0.25, 0.3) is 0 Å². The van der Waals surface area contributed by atoms with Gasteiger partial charge in [-0.25, -0.2) is 4.79 Å². The van der Waals surface area contributed by atoms with Crippen LogP contribution in [0.3, 0.4) is 0 Å². The van der Waals surface area contributed by atoms with Gasteiger partial charge in [0.1, 0.15) is 6.04 Å². The molecule has 0 spiro atoms. The summed E-state index contributed by atoms with van der Waals surface area (Å²) >= 11 is 0. The molecule has 1 aliphatic heterocycles. The zero-order valence-corrected chi connectivity index (χ0v) is 6.79. The van der Waals surface area contributed by atoms with Gasteiger partial charge in [-0.1, -0.05) is 0 Å². The van der Waals surface area contributed by atoms with E-state index in [9.17, 15) is 4.79 Å².